The maximum absolute atomic E-state index is 12.5. The predicted molar refractivity (Wildman–Crippen MR) is 134 cm³/mol. The first kappa shape index (κ1) is 24.9. The molecule has 0 aliphatic heterocycles. The van der Waals surface area contributed by atoms with Crippen molar-refractivity contribution in [2.45, 2.75) is 34.1 Å². The first-order valence-corrected chi connectivity index (χ1v) is 11.8. The molecule has 3 rings (SSSR count). The van der Waals surface area contributed by atoms with Gasteiger partial charge in [0.15, 0.2) is 0 Å². The second-order valence-electron chi connectivity index (χ2n) is 8.21. The van der Waals surface area contributed by atoms with Crippen LogP contribution in [0.4, 0.5) is 5.13 Å². The van der Waals surface area contributed by atoms with E-state index in [0.29, 0.717) is 35.6 Å². The molecule has 0 unspecified atom stereocenters. The maximum atomic E-state index is 12.5. The van der Waals surface area contributed by atoms with Crippen molar-refractivity contribution in [3.05, 3.63) is 69.7 Å². The fourth-order valence-corrected chi connectivity index (χ4v) is 4.15. The van der Waals surface area contributed by atoms with Crippen LogP contribution < -0.4 is 14.8 Å². The van der Waals surface area contributed by atoms with E-state index < -0.39 is 5.91 Å². The highest BCUT2D eigenvalue weighted by Crippen LogP contribution is 2.23. The fraction of sp³-hybridized carbons (Fsp3) is 0.308. The number of para-hydroxylation sites is 1. The van der Waals surface area contributed by atoms with Crippen LogP contribution in [0, 0.1) is 31.1 Å². The SMILES string of the molecule is Cc1cccc(C)c1OCCOc1ccc(/C=C(/C#N)C(=O)Nc2nnc(CC(C)C)s2)cc1. The molecular formula is C26H28N4O3S. The molecule has 1 N–H and O–H groups in total. The summed E-state index contributed by atoms with van der Waals surface area (Å²) in [6.45, 7) is 9.04. The number of aromatic nitrogens is 2. The summed E-state index contributed by atoms with van der Waals surface area (Å²) in [5, 5.41) is 21.4. The lowest BCUT2D eigenvalue weighted by molar-refractivity contribution is -0.112. The molecular weight excluding hydrogens is 448 g/mol. The van der Waals surface area contributed by atoms with E-state index in [1.54, 1.807) is 24.3 Å². The minimum absolute atomic E-state index is 0.0173. The van der Waals surface area contributed by atoms with E-state index in [9.17, 15) is 10.1 Å². The summed E-state index contributed by atoms with van der Waals surface area (Å²) in [6, 6.07) is 15.2. The number of benzene rings is 2. The van der Waals surface area contributed by atoms with Gasteiger partial charge in [-0.25, -0.2) is 0 Å². The van der Waals surface area contributed by atoms with Gasteiger partial charge in [0.1, 0.15) is 41.4 Å². The Morgan fingerprint density at radius 1 is 1.09 bits per heavy atom. The Balaban J connectivity index is 1.53. The Kier molecular flexibility index (Phi) is 8.77. The zero-order chi connectivity index (χ0) is 24.5. The third-order valence-electron chi connectivity index (χ3n) is 4.83. The molecule has 0 saturated carbocycles. The van der Waals surface area contributed by atoms with Gasteiger partial charge in [-0.3, -0.25) is 10.1 Å². The van der Waals surface area contributed by atoms with E-state index in [-0.39, 0.29) is 5.57 Å². The zero-order valence-corrected chi connectivity index (χ0v) is 20.6. The number of ether oxygens (including phenoxy) is 2. The fourth-order valence-electron chi connectivity index (χ4n) is 3.21. The summed E-state index contributed by atoms with van der Waals surface area (Å²) in [5.41, 5.74) is 2.88. The molecule has 0 saturated heterocycles. The number of aryl methyl sites for hydroxylation is 2. The van der Waals surface area contributed by atoms with Gasteiger partial charge in [-0.15, -0.1) is 10.2 Å². The molecule has 0 atom stereocenters. The summed E-state index contributed by atoms with van der Waals surface area (Å²) in [6.07, 6.45) is 2.32. The topological polar surface area (TPSA) is 97.1 Å². The molecule has 1 aromatic heterocycles. The van der Waals surface area contributed by atoms with E-state index in [0.717, 1.165) is 28.3 Å². The molecule has 0 radical (unpaired) electrons. The van der Waals surface area contributed by atoms with E-state index in [1.807, 2.05) is 38.1 Å². The number of hydrogen-bond acceptors (Lipinski definition) is 7. The molecule has 34 heavy (non-hydrogen) atoms. The highest BCUT2D eigenvalue weighted by Gasteiger charge is 2.13. The highest BCUT2D eigenvalue weighted by molar-refractivity contribution is 7.15. The van der Waals surface area contributed by atoms with Gasteiger partial charge >= 0.3 is 0 Å². The standard InChI is InChI=1S/C26H28N4O3S/c1-17(2)14-23-29-30-26(34-23)28-25(31)21(16-27)15-20-8-10-22(11-9-20)32-12-13-33-24-18(3)6-5-7-19(24)4/h5-11,15,17H,12-14H2,1-4H3,(H,28,30,31)/b21-15-. The van der Waals surface area contributed by atoms with Crippen molar-refractivity contribution in [3.8, 4) is 17.6 Å². The Morgan fingerprint density at radius 3 is 2.41 bits per heavy atom. The van der Waals surface area contributed by atoms with Crippen molar-refractivity contribution in [2.75, 3.05) is 18.5 Å². The Morgan fingerprint density at radius 2 is 1.76 bits per heavy atom. The quantitative estimate of drug-likeness (QED) is 0.240. The van der Waals surface area contributed by atoms with E-state index in [2.05, 4.69) is 29.4 Å². The van der Waals surface area contributed by atoms with Crippen LogP contribution in [0.1, 0.15) is 35.5 Å². The van der Waals surface area contributed by atoms with Crippen molar-refractivity contribution in [2.24, 2.45) is 5.92 Å². The van der Waals surface area contributed by atoms with Crippen LogP contribution in [0.5, 0.6) is 11.5 Å². The van der Waals surface area contributed by atoms with Gasteiger partial charge < -0.3 is 9.47 Å². The van der Waals surface area contributed by atoms with Gasteiger partial charge in [0, 0.05) is 6.42 Å². The number of nitrogens with one attached hydrogen (secondary N) is 1. The third-order valence-corrected chi connectivity index (χ3v) is 5.69. The van der Waals surface area contributed by atoms with Crippen molar-refractivity contribution in [3.63, 3.8) is 0 Å². The van der Waals surface area contributed by atoms with Crippen LogP contribution in [-0.2, 0) is 11.2 Å². The second-order valence-corrected chi connectivity index (χ2v) is 9.27. The number of rotatable bonds is 10. The molecule has 0 fully saturated rings. The minimum Gasteiger partial charge on any atom is -0.490 e. The summed E-state index contributed by atoms with van der Waals surface area (Å²) < 4.78 is 11.6. The molecule has 1 amide bonds. The minimum atomic E-state index is -0.515. The predicted octanol–water partition coefficient (Wildman–Crippen LogP) is 5.36. The maximum Gasteiger partial charge on any atom is 0.268 e. The largest absolute Gasteiger partial charge is 0.490 e. The molecule has 0 spiro atoms. The monoisotopic (exact) mass is 476 g/mol. The number of carbonyl (C=O) groups excluding carboxylic acids is 1. The Bertz CT molecular complexity index is 1170. The van der Waals surface area contributed by atoms with Crippen LogP contribution in [0.15, 0.2) is 48.0 Å². The molecule has 0 bridgehead atoms. The van der Waals surface area contributed by atoms with E-state index in [4.69, 9.17) is 9.47 Å². The van der Waals surface area contributed by atoms with E-state index in [1.165, 1.54) is 17.4 Å². The molecule has 8 heteroatoms. The second kappa shape index (κ2) is 12.0. The molecule has 176 valence electrons. The van der Waals surface area contributed by atoms with Crippen molar-refractivity contribution >= 4 is 28.5 Å². The van der Waals surface area contributed by atoms with Crippen LogP contribution in [0.25, 0.3) is 6.08 Å². The molecule has 7 nitrogen and oxygen atoms in total. The van der Waals surface area contributed by atoms with Crippen LogP contribution >= 0.6 is 11.3 Å². The number of nitrogens with zero attached hydrogens (tertiary/aromatic N) is 3. The first-order chi connectivity index (χ1) is 16.4. The summed E-state index contributed by atoms with van der Waals surface area (Å²) >= 11 is 1.32. The lowest BCUT2D eigenvalue weighted by Crippen LogP contribution is -2.13. The molecule has 0 aliphatic carbocycles. The number of amides is 1. The Labute approximate surface area is 204 Å². The van der Waals surface area contributed by atoms with Gasteiger partial charge in [0.05, 0.1) is 0 Å². The lowest BCUT2D eigenvalue weighted by Gasteiger charge is -2.12. The van der Waals surface area contributed by atoms with Gasteiger partial charge in [0.25, 0.3) is 5.91 Å². The summed E-state index contributed by atoms with van der Waals surface area (Å²) in [7, 11) is 0. The number of carbonyl (C=O) groups is 1. The first-order valence-electron chi connectivity index (χ1n) is 11.0. The van der Waals surface area contributed by atoms with Crippen molar-refractivity contribution < 1.29 is 14.3 Å². The normalized spacial score (nSPS) is 11.2. The van der Waals surface area contributed by atoms with Crippen molar-refractivity contribution in [1.29, 1.82) is 5.26 Å². The Hall–Kier alpha value is -3.70. The molecule has 1 heterocycles. The third kappa shape index (κ3) is 7.15. The average molecular weight is 477 g/mol. The highest BCUT2D eigenvalue weighted by atomic mass is 32.1. The van der Waals surface area contributed by atoms with Crippen LogP contribution in [0.2, 0.25) is 0 Å². The summed E-state index contributed by atoms with van der Waals surface area (Å²) in [5.74, 6) is 1.50. The molecule has 2 aromatic carbocycles. The summed E-state index contributed by atoms with van der Waals surface area (Å²) in [4.78, 5) is 12.5. The smallest absolute Gasteiger partial charge is 0.268 e. The van der Waals surface area contributed by atoms with Gasteiger partial charge in [0.2, 0.25) is 5.13 Å². The van der Waals surface area contributed by atoms with Gasteiger partial charge in [-0.05, 0) is 54.7 Å². The van der Waals surface area contributed by atoms with Crippen molar-refractivity contribution in [1.82, 2.24) is 10.2 Å². The molecule has 0 aliphatic rings. The molecule has 3 aromatic rings. The average Bonchev–Trinajstić information content (AvgIpc) is 3.23. The van der Waals surface area contributed by atoms with Crippen LogP contribution in [-0.4, -0.2) is 29.3 Å². The van der Waals surface area contributed by atoms with Crippen LogP contribution in [0.3, 0.4) is 0 Å². The number of hydrogen-bond donors (Lipinski definition) is 1. The van der Waals surface area contributed by atoms with Gasteiger partial charge in [-0.2, -0.15) is 5.26 Å². The zero-order valence-electron chi connectivity index (χ0n) is 19.8. The van der Waals surface area contributed by atoms with Gasteiger partial charge in [-0.1, -0.05) is 55.5 Å². The van der Waals surface area contributed by atoms with E-state index >= 15 is 0 Å². The number of anilines is 1. The number of nitriles is 1. The lowest BCUT2D eigenvalue weighted by atomic mass is 10.1.